The zero-order valence-corrected chi connectivity index (χ0v) is 22.6. The molecule has 1 heterocycles. The molecule has 0 spiro atoms. The molecule has 1 aromatic heterocycles. The Kier molecular flexibility index (Phi) is 12.0. The van der Waals surface area contributed by atoms with Crippen molar-refractivity contribution in [3.05, 3.63) is 78.1 Å². The molecule has 3 rings (SSSR count). The van der Waals surface area contributed by atoms with Gasteiger partial charge in [-0.05, 0) is 67.3 Å². The standard InChI is InChI=1S/C32H41NO4/c1-4-6-7-8-9-10-22-35-30-18-13-26(14-19-30)27-15-20-31(21-16-27)36-24-29-17-12-28(23-33-29)32(34)37-25(3)11-5-2/h12-21,23,25H,4-11,22,24H2,1-3H3. The maximum absolute atomic E-state index is 12.2. The van der Waals surface area contributed by atoms with Gasteiger partial charge in [-0.25, -0.2) is 4.79 Å². The van der Waals surface area contributed by atoms with Gasteiger partial charge in [0.1, 0.15) is 18.1 Å². The molecule has 0 amide bonds. The normalized spacial score (nSPS) is 11.6. The summed E-state index contributed by atoms with van der Waals surface area (Å²) in [5.41, 5.74) is 3.46. The molecule has 0 bridgehead atoms. The Bertz CT molecular complexity index is 1050. The van der Waals surface area contributed by atoms with Crippen molar-refractivity contribution in [1.29, 1.82) is 0 Å². The number of carbonyl (C=O) groups is 1. The number of hydrogen-bond acceptors (Lipinski definition) is 5. The highest BCUT2D eigenvalue weighted by molar-refractivity contribution is 5.89. The molecule has 1 unspecified atom stereocenters. The number of nitrogens with zero attached hydrogens (tertiary/aromatic N) is 1. The second kappa shape index (κ2) is 15.7. The van der Waals surface area contributed by atoms with Gasteiger partial charge in [-0.2, -0.15) is 0 Å². The average Bonchev–Trinajstić information content (AvgIpc) is 2.92. The number of aromatic nitrogens is 1. The van der Waals surface area contributed by atoms with Gasteiger partial charge < -0.3 is 14.2 Å². The van der Waals surface area contributed by atoms with E-state index in [9.17, 15) is 4.79 Å². The van der Waals surface area contributed by atoms with Gasteiger partial charge in [0, 0.05) is 6.20 Å². The zero-order valence-electron chi connectivity index (χ0n) is 22.6. The Hall–Kier alpha value is -3.34. The molecule has 0 fully saturated rings. The summed E-state index contributed by atoms with van der Waals surface area (Å²) in [6.45, 7) is 7.32. The molecule has 0 aliphatic heterocycles. The average molecular weight is 504 g/mol. The molecule has 5 nitrogen and oxygen atoms in total. The smallest absolute Gasteiger partial charge is 0.339 e. The van der Waals surface area contributed by atoms with E-state index in [0.29, 0.717) is 12.2 Å². The number of unbranched alkanes of at least 4 members (excludes halogenated alkanes) is 5. The van der Waals surface area contributed by atoms with Crippen LogP contribution in [0.2, 0.25) is 0 Å². The maximum atomic E-state index is 12.2. The number of carbonyl (C=O) groups excluding carboxylic acids is 1. The summed E-state index contributed by atoms with van der Waals surface area (Å²) < 4.78 is 17.2. The molecular weight excluding hydrogens is 462 g/mol. The Morgan fingerprint density at radius 3 is 1.97 bits per heavy atom. The Labute approximate surface area is 222 Å². The summed E-state index contributed by atoms with van der Waals surface area (Å²) in [5.74, 6) is 1.34. The van der Waals surface area contributed by atoms with Crippen LogP contribution in [-0.4, -0.2) is 23.7 Å². The van der Waals surface area contributed by atoms with Gasteiger partial charge in [0.15, 0.2) is 0 Å². The van der Waals surface area contributed by atoms with E-state index < -0.39 is 0 Å². The van der Waals surface area contributed by atoms with Gasteiger partial charge >= 0.3 is 5.97 Å². The highest BCUT2D eigenvalue weighted by Gasteiger charge is 2.12. The lowest BCUT2D eigenvalue weighted by Crippen LogP contribution is -2.15. The summed E-state index contributed by atoms with van der Waals surface area (Å²) in [7, 11) is 0. The summed E-state index contributed by atoms with van der Waals surface area (Å²) in [6.07, 6.45) is 10.9. The lowest BCUT2D eigenvalue weighted by atomic mass is 10.1. The summed E-state index contributed by atoms with van der Waals surface area (Å²) in [4.78, 5) is 16.5. The van der Waals surface area contributed by atoms with Crippen molar-refractivity contribution in [2.75, 3.05) is 6.61 Å². The fourth-order valence-electron chi connectivity index (χ4n) is 4.06. The number of benzene rings is 2. The van der Waals surface area contributed by atoms with Crippen molar-refractivity contribution in [3.63, 3.8) is 0 Å². The number of esters is 1. The van der Waals surface area contributed by atoms with Crippen LogP contribution >= 0.6 is 0 Å². The number of hydrogen-bond donors (Lipinski definition) is 0. The third-order valence-corrected chi connectivity index (χ3v) is 6.26. The second-order valence-corrected chi connectivity index (χ2v) is 9.50. The Balaban J connectivity index is 1.42. The molecular formula is C32H41NO4. The quantitative estimate of drug-likeness (QED) is 0.145. The van der Waals surface area contributed by atoms with E-state index in [2.05, 4.69) is 31.0 Å². The highest BCUT2D eigenvalue weighted by Crippen LogP contribution is 2.25. The molecule has 198 valence electrons. The van der Waals surface area contributed by atoms with E-state index in [1.807, 2.05) is 43.3 Å². The van der Waals surface area contributed by atoms with E-state index in [0.717, 1.165) is 54.2 Å². The first kappa shape index (κ1) is 28.2. The lowest BCUT2D eigenvalue weighted by molar-refractivity contribution is 0.0323. The molecule has 5 heteroatoms. The topological polar surface area (TPSA) is 57.7 Å². The van der Waals surface area contributed by atoms with Gasteiger partial charge in [-0.15, -0.1) is 0 Å². The van der Waals surface area contributed by atoms with Gasteiger partial charge in [0.25, 0.3) is 0 Å². The Morgan fingerprint density at radius 1 is 0.757 bits per heavy atom. The largest absolute Gasteiger partial charge is 0.494 e. The van der Waals surface area contributed by atoms with Crippen molar-refractivity contribution >= 4 is 5.97 Å². The van der Waals surface area contributed by atoms with Crippen LogP contribution in [0.25, 0.3) is 11.1 Å². The van der Waals surface area contributed by atoms with E-state index in [4.69, 9.17) is 14.2 Å². The van der Waals surface area contributed by atoms with Crippen LogP contribution in [0.3, 0.4) is 0 Å². The van der Waals surface area contributed by atoms with Crippen molar-refractivity contribution < 1.29 is 19.0 Å². The van der Waals surface area contributed by atoms with Crippen molar-refractivity contribution in [2.24, 2.45) is 0 Å². The lowest BCUT2D eigenvalue weighted by Gasteiger charge is -2.12. The van der Waals surface area contributed by atoms with Crippen LogP contribution in [0.15, 0.2) is 66.9 Å². The van der Waals surface area contributed by atoms with Gasteiger partial charge in [-0.3, -0.25) is 4.98 Å². The van der Waals surface area contributed by atoms with Crippen molar-refractivity contribution in [3.8, 4) is 22.6 Å². The summed E-state index contributed by atoms with van der Waals surface area (Å²) >= 11 is 0. The zero-order chi connectivity index (χ0) is 26.3. The second-order valence-electron chi connectivity index (χ2n) is 9.50. The van der Waals surface area contributed by atoms with Crippen LogP contribution in [0.4, 0.5) is 0 Å². The fraction of sp³-hybridized carbons (Fsp3) is 0.438. The molecule has 2 aromatic carbocycles. The molecule has 0 radical (unpaired) electrons. The first-order chi connectivity index (χ1) is 18.1. The van der Waals surface area contributed by atoms with Gasteiger partial charge in [0.2, 0.25) is 0 Å². The van der Waals surface area contributed by atoms with Crippen LogP contribution in [-0.2, 0) is 11.3 Å². The molecule has 0 aliphatic carbocycles. The molecule has 3 aromatic rings. The molecule has 0 N–H and O–H groups in total. The molecule has 0 saturated carbocycles. The fourth-order valence-corrected chi connectivity index (χ4v) is 4.06. The molecule has 0 saturated heterocycles. The van der Waals surface area contributed by atoms with E-state index in [1.54, 1.807) is 18.3 Å². The third-order valence-electron chi connectivity index (χ3n) is 6.26. The van der Waals surface area contributed by atoms with Crippen LogP contribution in [0.1, 0.15) is 88.2 Å². The minimum atomic E-state index is -0.339. The highest BCUT2D eigenvalue weighted by atomic mass is 16.5. The Morgan fingerprint density at radius 2 is 1.38 bits per heavy atom. The van der Waals surface area contributed by atoms with E-state index in [-0.39, 0.29) is 12.1 Å². The van der Waals surface area contributed by atoms with Crippen molar-refractivity contribution in [1.82, 2.24) is 4.98 Å². The van der Waals surface area contributed by atoms with Crippen molar-refractivity contribution in [2.45, 2.75) is 84.8 Å². The van der Waals surface area contributed by atoms with Crippen LogP contribution in [0.5, 0.6) is 11.5 Å². The summed E-state index contributed by atoms with van der Waals surface area (Å²) in [5, 5.41) is 0. The predicted octanol–water partition coefficient (Wildman–Crippen LogP) is 8.41. The van der Waals surface area contributed by atoms with Gasteiger partial charge in [-0.1, -0.05) is 76.6 Å². The van der Waals surface area contributed by atoms with E-state index >= 15 is 0 Å². The van der Waals surface area contributed by atoms with Crippen LogP contribution < -0.4 is 9.47 Å². The maximum Gasteiger partial charge on any atom is 0.339 e. The SMILES string of the molecule is CCCCCCCCOc1ccc(-c2ccc(OCc3ccc(C(=O)OC(C)CCC)cn3)cc2)cc1. The van der Waals surface area contributed by atoms with E-state index in [1.165, 1.54) is 32.1 Å². The molecule has 1 atom stereocenters. The number of rotatable bonds is 16. The number of pyridine rings is 1. The first-order valence-electron chi connectivity index (χ1n) is 13.7. The predicted molar refractivity (Wildman–Crippen MR) is 149 cm³/mol. The van der Waals surface area contributed by atoms with Crippen LogP contribution in [0, 0.1) is 0 Å². The third kappa shape index (κ3) is 9.91. The molecule has 37 heavy (non-hydrogen) atoms. The first-order valence-corrected chi connectivity index (χ1v) is 13.7. The number of ether oxygens (including phenoxy) is 3. The van der Waals surface area contributed by atoms with Gasteiger partial charge in [0.05, 0.1) is 24.0 Å². The monoisotopic (exact) mass is 503 g/mol. The minimum absolute atomic E-state index is 0.0929. The minimum Gasteiger partial charge on any atom is -0.494 e. The molecule has 0 aliphatic rings. The summed E-state index contributed by atoms with van der Waals surface area (Å²) in [6, 6.07) is 19.8.